The van der Waals surface area contributed by atoms with E-state index in [1.54, 1.807) is 12.1 Å². The van der Waals surface area contributed by atoms with E-state index in [4.69, 9.17) is 0 Å². The van der Waals surface area contributed by atoms with Crippen LogP contribution in [0.3, 0.4) is 0 Å². The first-order valence-corrected chi connectivity index (χ1v) is 8.02. The Bertz CT molecular complexity index is 423. The Labute approximate surface area is 124 Å². The summed E-state index contributed by atoms with van der Waals surface area (Å²) in [4.78, 5) is 0. The molecule has 1 aromatic rings. The summed E-state index contributed by atoms with van der Waals surface area (Å²) in [6.07, 6.45) is 6.02. The lowest BCUT2D eigenvalue weighted by molar-refractivity contribution is 0.225. The van der Waals surface area contributed by atoms with Crippen molar-refractivity contribution in [3.63, 3.8) is 0 Å². The summed E-state index contributed by atoms with van der Waals surface area (Å²) in [5.41, 5.74) is 1.35. The standard InChI is InChI=1S/C16H23BrFN/c1-12(2)16(8-4-3-5-9-19-16)11-13-6-7-14(18)10-15(13)17/h6-7,10,12,19H,3-5,8-9,11H2,1-2H3. The fourth-order valence-electron chi connectivity index (χ4n) is 3.02. The minimum atomic E-state index is -0.178. The maximum absolute atomic E-state index is 13.2. The number of hydrogen-bond donors (Lipinski definition) is 1. The first-order valence-electron chi connectivity index (χ1n) is 7.22. The van der Waals surface area contributed by atoms with Crippen LogP contribution < -0.4 is 5.32 Å². The van der Waals surface area contributed by atoms with Crippen LogP contribution in [0.5, 0.6) is 0 Å². The summed E-state index contributed by atoms with van der Waals surface area (Å²) in [7, 11) is 0. The van der Waals surface area contributed by atoms with Gasteiger partial charge in [0, 0.05) is 10.0 Å². The van der Waals surface area contributed by atoms with E-state index >= 15 is 0 Å². The maximum atomic E-state index is 13.2. The van der Waals surface area contributed by atoms with E-state index in [2.05, 4.69) is 35.1 Å². The molecular formula is C16H23BrFN. The van der Waals surface area contributed by atoms with Gasteiger partial charge < -0.3 is 5.32 Å². The van der Waals surface area contributed by atoms with Gasteiger partial charge in [0.1, 0.15) is 5.82 Å². The highest BCUT2D eigenvalue weighted by molar-refractivity contribution is 9.10. The van der Waals surface area contributed by atoms with Crippen molar-refractivity contribution in [1.82, 2.24) is 5.32 Å². The van der Waals surface area contributed by atoms with Crippen molar-refractivity contribution in [3.8, 4) is 0 Å². The molecule has 0 bridgehead atoms. The van der Waals surface area contributed by atoms with Crippen molar-refractivity contribution >= 4 is 15.9 Å². The van der Waals surface area contributed by atoms with Gasteiger partial charge in [-0.3, -0.25) is 0 Å². The lowest BCUT2D eigenvalue weighted by Gasteiger charge is -2.38. The third kappa shape index (κ3) is 3.57. The first-order chi connectivity index (χ1) is 9.03. The van der Waals surface area contributed by atoms with E-state index in [0.29, 0.717) is 5.92 Å². The van der Waals surface area contributed by atoms with Gasteiger partial charge in [-0.1, -0.05) is 48.7 Å². The second kappa shape index (κ2) is 6.36. The SMILES string of the molecule is CC(C)C1(Cc2ccc(F)cc2Br)CCCCCN1. The van der Waals surface area contributed by atoms with Crippen molar-refractivity contribution in [2.45, 2.75) is 51.5 Å². The minimum Gasteiger partial charge on any atom is -0.311 e. The Morgan fingerprint density at radius 1 is 1.32 bits per heavy atom. The maximum Gasteiger partial charge on any atom is 0.124 e. The second-order valence-electron chi connectivity index (χ2n) is 5.96. The molecule has 0 saturated carbocycles. The molecule has 1 aromatic carbocycles. The van der Waals surface area contributed by atoms with Gasteiger partial charge >= 0.3 is 0 Å². The molecule has 0 radical (unpaired) electrons. The Hall–Kier alpha value is -0.410. The lowest BCUT2D eigenvalue weighted by Crippen LogP contribution is -2.51. The Morgan fingerprint density at radius 3 is 2.79 bits per heavy atom. The van der Waals surface area contributed by atoms with Gasteiger partial charge in [0.25, 0.3) is 0 Å². The molecule has 3 heteroatoms. The van der Waals surface area contributed by atoms with Crippen molar-refractivity contribution in [2.24, 2.45) is 5.92 Å². The fraction of sp³-hybridized carbons (Fsp3) is 0.625. The normalized spacial score (nSPS) is 24.5. The molecule has 1 aliphatic heterocycles. The van der Waals surface area contributed by atoms with Crippen LogP contribution in [0.4, 0.5) is 4.39 Å². The topological polar surface area (TPSA) is 12.0 Å². The van der Waals surface area contributed by atoms with Gasteiger partial charge in [-0.05, 0) is 49.4 Å². The Morgan fingerprint density at radius 2 is 2.11 bits per heavy atom. The zero-order valence-corrected chi connectivity index (χ0v) is 13.4. The molecule has 0 spiro atoms. The molecule has 0 aromatic heterocycles. The van der Waals surface area contributed by atoms with Gasteiger partial charge in [0.2, 0.25) is 0 Å². The van der Waals surface area contributed by atoms with Crippen LogP contribution in [-0.2, 0) is 6.42 Å². The zero-order chi connectivity index (χ0) is 13.9. The van der Waals surface area contributed by atoms with Crippen molar-refractivity contribution in [3.05, 3.63) is 34.1 Å². The van der Waals surface area contributed by atoms with E-state index in [1.165, 1.54) is 31.2 Å². The smallest absolute Gasteiger partial charge is 0.124 e. The molecule has 1 nitrogen and oxygen atoms in total. The average Bonchev–Trinajstić information content (AvgIpc) is 2.59. The van der Waals surface area contributed by atoms with Gasteiger partial charge in [-0.15, -0.1) is 0 Å². The van der Waals surface area contributed by atoms with Gasteiger partial charge in [-0.25, -0.2) is 4.39 Å². The number of benzene rings is 1. The fourth-order valence-corrected chi connectivity index (χ4v) is 3.51. The van der Waals surface area contributed by atoms with E-state index in [-0.39, 0.29) is 11.4 Å². The molecule has 1 fully saturated rings. The molecule has 1 heterocycles. The highest BCUT2D eigenvalue weighted by Gasteiger charge is 2.34. The van der Waals surface area contributed by atoms with E-state index < -0.39 is 0 Å². The van der Waals surface area contributed by atoms with E-state index in [9.17, 15) is 4.39 Å². The van der Waals surface area contributed by atoms with Crippen LogP contribution >= 0.6 is 15.9 Å². The quantitative estimate of drug-likeness (QED) is 0.849. The Kier molecular flexibility index (Phi) is 5.02. The third-order valence-electron chi connectivity index (χ3n) is 4.40. The highest BCUT2D eigenvalue weighted by atomic mass is 79.9. The minimum absolute atomic E-state index is 0.150. The first kappa shape index (κ1) is 15.0. The van der Waals surface area contributed by atoms with E-state index in [0.717, 1.165) is 17.4 Å². The summed E-state index contributed by atoms with van der Waals surface area (Å²) in [6, 6.07) is 5.04. The molecule has 106 valence electrons. The Balaban J connectivity index is 2.24. The second-order valence-corrected chi connectivity index (χ2v) is 6.82. The largest absolute Gasteiger partial charge is 0.311 e. The molecule has 1 N–H and O–H groups in total. The molecule has 1 atom stereocenters. The molecule has 1 saturated heterocycles. The van der Waals surface area contributed by atoms with Crippen LogP contribution in [0.2, 0.25) is 0 Å². The lowest BCUT2D eigenvalue weighted by atomic mass is 9.77. The number of rotatable bonds is 3. The van der Waals surface area contributed by atoms with Crippen LogP contribution in [0.25, 0.3) is 0 Å². The average molecular weight is 328 g/mol. The molecular weight excluding hydrogens is 305 g/mol. The van der Waals surface area contributed by atoms with Crippen molar-refractivity contribution < 1.29 is 4.39 Å². The zero-order valence-electron chi connectivity index (χ0n) is 11.8. The van der Waals surface area contributed by atoms with E-state index in [1.807, 2.05) is 6.07 Å². The van der Waals surface area contributed by atoms with Crippen molar-refractivity contribution in [1.29, 1.82) is 0 Å². The summed E-state index contributed by atoms with van der Waals surface area (Å²) < 4.78 is 14.1. The highest BCUT2D eigenvalue weighted by Crippen LogP contribution is 2.32. The molecule has 0 aliphatic carbocycles. The monoisotopic (exact) mass is 327 g/mol. The van der Waals surface area contributed by atoms with Crippen LogP contribution in [0.1, 0.15) is 45.1 Å². The predicted octanol–water partition coefficient (Wildman–Crippen LogP) is 4.69. The van der Waals surface area contributed by atoms with Crippen LogP contribution in [0.15, 0.2) is 22.7 Å². The number of hydrogen-bond acceptors (Lipinski definition) is 1. The van der Waals surface area contributed by atoms with Crippen molar-refractivity contribution in [2.75, 3.05) is 6.54 Å². The van der Waals surface area contributed by atoms with Crippen LogP contribution in [0, 0.1) is 11.7 Å². The molecule has 19 heavy (non-hydrogen) atoms. The molecule has 2 rings (SSSR count). The molecule has 1 aliphatic rings. The summed E-state index contributed by atoms with van der Waals surface area (Å²) in [5.74, 6) is 0.394. The molecule has 1 unspecified atom stereocenters. The van der Waals surface area contributed by atoms with Gasteiger partial charge in [0.05, 0.1) is 0 Å². The summed E-state index contributed by atoms with van der Waals surface area (Å²) >= 11 is 3.50. The third-order valence-corrected chi connectivity index (χ3v) is 5.14. The van der Waals surface area contributed by atoms with Gasteiger partial charge in [0.15, 0.2) is 0 Å². The van der Waals surface area contributed by atoms with Crippen LogP contribution in [-0.4, -0.2) is 12.1 Å². The number of halogens is 2. The number of nitrogens with one attached hydrogen (secondary N) is 1. The summed E-state index contributed by atoms with van der Waals surface area (Å²) in [6.45, 7) is 5.67. The molecule has 0 amide bonds. The summed E-state index contributed by atoms with van der Waals surface area (Å²) in [5, 5.41) is 3.77. The predicted molar refractivity (Wildman–Crippen MR) is 81.8 cm³/mol. The van der Waals surface area contributed by atoms with Gasteiger partial charge in [-0.2, -0.15) is 0 Å².